The van der Waals surface area contributed by atoms with Crippen molar-refractivity contribution >= 4 is 36.5 Å². The van der Waals surface area contributed by atoms with E-state index in [0.717, 1.165) is 10.8 Å². The molecule has 3 rings (SSSR count). The SMILES string of the molecule is O=S(=O)(c1ccnc(Br)c1)c1cccc2ccccc12. The summed E-state index contributed by atoms with van der Waals surface area (Å²) in [5.74, 6) is 0. The second-order valence-electron chi connectivity index (χ2n) is 4.29. The van der Waals surface area contributed by atoms with E-state index in [1.165, 1.54) is 18.3 Å². The minimum atomic E-state index is -3.56. The number of halogens is 1. The summed E-state index contributed by atoms with van der Waals surface area (Å²) in [5.41, 5.74) is 0. The Labute approximate surface area is 125 Å². The van der Waals surface area contributed by atoms with Gasteiger partial charge in [-0.1, -0.05) is 36.4 Å². The number of hydrogen-bond donors (Lipinski definition) is 0. The molecule has 0 radical (unpaired) electrons. The minimum Gasteiger partial charge on any atom is -0.249 e. The largest absolute Gasteiger partial charge is 0.249 e. The molecular weight excluding hydrogens is 338 g/mol. The highest BCUT2D eigenvalue weighted by molar-refractivity contribution is 9.10. The zero-order valence-electron chi connectivity index (χ0n) is 10.3. The van der Waals surface area contributed by atoms with Crippen LogP contribution in [0.3, 0.4) is 0 Å². The van der Waals surface area contributed by atoms with Crippen molar-refractivity contribution in [2.24, 2.45) is 0 Å². The molecule has 100 valence electrons. The van der Waals surface area contributed by atoms with Gasteiger partial charge in [0.05, 0.1) is 9.79 Å². The van der Waals surface area contributed by atoms with E-state index in [0.29, 0.717) is 9.50 Å². The van der Waals surface area contributed by atoms with Gasteiger partial charge in [0.1, 0.15) is 4.60 Å². The van der Waals surface area contributed by atoms with Crippen molar-refractivity contribution in [3.63, 3.8) is 0 Å². The normalized spacial score (nSPS) is 11.7. The highest BCUT2D eigenvalue weighted by Gasteiger charge is 2.20. The van der Waals surface area contributed by atoms with Crippen LogP contribution < -0.4 is 0 Å². The van der Waals surface area contributed by atoms with Gasteiger partial charge in [-0.2, -0.15) is 0 Å². The van der Waals surface area contributed by atoms with E-state index in [4.69, 9.17) is 0 Å². The molecule has 1 heterocycles. The summed E-state index contributed by atoms with van der Waals surface area (Å²) in [6.45, 7) is 0. The first-order valence-electron chi connectivity index (χ1n) is 5.93. The fourth-order valence-corrected chi connectivity index (χ4v) is 4.12. The zero-order chi connectivity index (χ0) is 14.2. The summed E-state index contributed by atoms with van der Waals surface area (Å²) in [6.07, 6.45) is 1.47. The number of nitrogens with zero attached hydrogens (tertiary/aromatic N) is 1. The van der Waals surface area contributed by atoms with Gasteiger partial charge in [-0.25, -0.2) is 13.4 Å². The van der Waals surface area contributed by atoms with E-state index in [1.807, 2.05) is 30.3 Å². The van der Waals surface area contributed by atoms with Crippen molar-refractivity contribution in [2.45, 2.75) is 9.79 Å². The molecule has 0 atom stereocenters. The molecule has 1 aromatic heterocycles. The molecule has 0 N–H and O–H groups in total. The fraction of sp³-hybridized carbons (Fsp3) is 0. The summed E-state index contributed by atoms with van der Waals surface area (Å²) in [6, 6.07) is 15.7. The number of sulfone groups is 1. The molecule has 3 aromatic rings. The van der Waals surface area contributed by atoms with Crippen LogP contribution in [-0.2, 0) is 9.84 Å². The lowest BCUT2D eigenvalue weighted by Gasteiger charge is -2.08. The summed E-state index contributed by atoms with van der Waals surface area (Å²) in [7, 11) is -3.56. The molecule has 0 aliphatic rings. The van der Waals surface area contributed by atoms with Crippen molar-refractivity contribution in [1.29, 1.82) is 0 Å². The van der Waals surface area contributed by atoms with Crippen LogP contribution in [0.2, 0.25) is 0 Å². The monoisotopic (exact) mass is 347 g/mol. The Hall–Kier alpha value is -1.72. The van der Waals surface area contributed by atoms with Gasteiger partial charge in [-0.15, -0.1) is 0 Å². The molecule has 3 nitrogen and oxygen atoms in total. The maximum Gasteiger partial charge on any atom is 0.207 e. The molecule has 0 amide bonds. The van der Waals surface area contributed by atoms with Crippen LogP contribution in [0.1, 0.15) is 0 Å². The van der Waals surface area contributed by atoms with Gasteiger partial charge in [0.25, 0.3) is 0 Å². The number of pyridine rings is 1. The van der Waals surface area contributed by atoms with Crippen LogP contribution in [-0.4, -0.2) is 13.4 Å². The average Bonchev–Trinajstić information content (AvgIpc) is 2.46. The molecule has 0 bridgehead atoms. The van der Waals surface area contributed by atoms with Gasteiger partial charge < -0.3 is 0 Å². The van der Waals surface area contributed by atoms with E-state index in [9.17, 15) is 8.42 Å². The second-order valence-corrected chi connectivity index (χ2v) is 7.03. The van der Waals surface area contributed by atoms with Crippen LogP contribution in [0.25, 0.3) is 10.8 Å². The van der Waals surface area contributed by atoms with Crippen LogP contribution in [0.15, 0.2) is 75.2 Å². The van der Waals surface area contributed by atoms with E-state index < -0.39 is 9.84 Å². The maximum absolute atomic E-state index is 12.8. The smallest absolute Gasteiger partial charge is 0.207 e. The van der Waals surface area contributed by atoms with Crippen LogP contribution in [0, 0.1) is 0 Å². The fourth-order valence-electron chi connectivity index (χ4n) is 2.11. The third kappa shape index (κ3) is 2.23. The highest BCUT2D eigenvalue weighted by Crippen LogP contribution is 2.28. The number of hydrogen-bond acceptors (Lipinski definition) is 3. The topological polar surface area (TPSA) is 47.0 Å². The van der Waals surface area contributed by atoms with Crippen molar-refractivity contribution < 1.29 is 8.42 Å². The zero-order valence-corrected chi connectivity index (χ0v) is 12.7. The van der Waals surface area contributed by atoms with Crippen LogP contribution in [0.4, 0.5) is 0 Å². The standard InChI is InChI=1S/C15H10BrNO2S/c16-15-10-12(8-9-17-15)20(18,19)14-7-3-5-11-4-1-2-6-13(11)14/h1-10H. The van der Waals surface area contributed by atoms with Gasteiger partial charge in [-0.05, 0) is 39.5 Å². The van der Waals surface area contributed by atoms with Crippen molar-refractivity contribution in [1.82, 2.24) is 4.98 Å². The molecule has 0 aliphatic heterocycles. The third-order valence-corrected chi connectivity index (χ3v) is 5.29. The highest BCUT2D eigenvalue weighted by atomic mass is 79.9. The summed E-state index contributed by atoms with van der Waals surface area (Å²) in [5, 5.41) is 1.63. The number of benzene rings is 2. The molecule has 2 aromatic carbocycles. The molecule has 0 saturated heterocycles. The van der Waals surface area contributed by atoms with Gasteiger partial charge in [-0.3, -0.25) is 0 Å². The predicted octanol–water partition coefficient (Wildman–Crippen LogP) is 3.83. The first kappa shape index (κ1) is 13.3. The van der Waals surface area contributed by atoms with E-state index in [2.05, 4.69) is 20.9 Å². The first-order valence-corrected chi connectivity index (χ1v) is 8.21. The Bertz CT molecular complexity index is 886. The Kier molecular flexibility index (Phi) is 3.31. The lowest BCUT2D eigenvalue weighted by molar-refractivity contribution is 0.596. The van der Waals surface area contributed by atoms with Gasteiger partial charge >= 0.3 is 0 Å². The Morgan fingerprint density at radius 3 is 2.50 bits per heavy atom. The number of fused-ring (bicyclic) bond motifs is 1. The molecule has 0 unspecified atom stereocenters. The number of aromatic nitrogens is 1. The van der Waals surface area contributed by atoms with Crippen molar-refractivity contribution in [3.05, 3.63) is 65.4 Å². The quantitative estimate of drug-likeness (QED) is 0.662. The van der Waals surface area contributed by atoms with Gasteiger partial charge in [0.15, 0.2) is 0 Å². The third-order valence-electron chi connectivity index (χ3n) is 3.05. The van der Waals surface area contributed by atoms with Crippen molar-refractivity contribution in [2.75, 3.05) is 0 Å². The Morgan fingerprint density at radius 2 is 1.70 bits per heavy atom. The second kappa shape index (κ2) is 5.00. The lowest BCUT2D eigenvalue weighted by Crippen LogP contribution is -2.03. The van der Waals surface area contributed by atoms with E-state index >= 15 is 0 Å². The molecule has 20 heavy (non-hydrogen) atoms. The molecule has 5 heteroatoms. The molecule has 0 aliphatic carbocycles. The first-order chi connectivity index (χ1) is 9.59. The van der Waals surface area contributed by atoms with Crippen LogP contribution >= 0.6 is 15.9 Å². The maximum atomic E-state index is 12.8. The average molecular weight is 348 g/mol. The van der Waals surface area contributed by atoms with Crippen molar-refractivity contribution in [3.8, 4) is 0 Å². The molecular formula is C15H10BrNO2S. The Morgan fingerprint density at radius 1 is 0.950 bits per heavy atom. The summed E-state index contributed by atoms with van der Waals surface area (Å²) in [4.78, 5) is 4.51. The summed E-state index contributed by atoms with van der Waals surface area (Å²) < 4.78 is 26.0. The minimum absolute atomic E-state index is 0.232. The predicted molar refractivity (Wildman–Crippen MR) is 81.3 cm³/mol. The molecule has 0 spiro atoms. The van der Waals surface area contributed by atoms with E-state index in [1.54, 1.807) is 12.1 Å². The number of rotatable bonds is 2. The van der Waals surface area contributed by atoms with Gasteiger partial charge in [0.2, 0.25) is 9.84 Å². The van der Waals surface area contributed by atoms with Gasteiger partial charge in [0, 0.05) is 11.6 Å². The summed E-state index contributed by atoms with van der Waals surface area (Å²) >= 11 is 3.20. The lowest BCUT2D eigenvalue weighted by atomic mass is 10.1. The Balaban J connectivity index is 2.30. The van der Waals surface area contributed by atoms with E-state index in [-0.39, 0.29) is 4.90 Å². The molecule has 0 saturated carbocycles. The molecule has 0 fully saturated rings. The van der Waals surface area contributed by atoms with Crippen LogP contribution in [0.5, 0.6) is 0 Å².